The molecule has 1 rings (SSSR count). The van der Waals surface area contributed by atoms with Gasteiger partial charge in [-0.3, -0.25) is 4.79 Å². The zero-order valence-electron chi connectivity index (χ0n) is 10.2. The zero-order valence-corrected chi connectivity index (χ0v) is 10.2. The Morgan fingerprint density at radius 1 is 1.41 bits per heavy atom. The summed E-state index contributed by atoms with van der Waals surface area (Å²) in [6.07, 6.45) is 1.84. The first-order valence-electron chi connectivity index (χ1n) is 5.88. The molecule has 1 N–H and O–H groups in total. The Morgan fingerprint density at radius 3 is 2.65 bits per heavy atom. The molecular weight excluding hydrogens is 221 g/mol. The highest BCUT2D eigenvalue weighted by molar-refractivity contribution is 5.97. The average Bonchev–Trinajstić information content (AvgIpc) is 2.30. The van der Waals surface area contributed by atoms with Gasteiger partial charge in [-0.05, 0) is 25.5 Å². The van der Waals surface area contributed by atoms with Crippen molar-refractivity contribution in [2.75, 3.05) is 13.1 Å². The number of carbonyl (C=O) groups excluding carboxylic acids is 1. The summed E-state index contributed by atoms with van der Waals surface area (Å²) in [5, 5.41) is 9.54. The molecule has 0 aliphatic carbocycles. The quantitative estimate of drug-likeness (QED) is 0.858. The van der Waals surface area contributed by atoms with Crippen LogP contribution >= 0.6 is 0 Å². The van der Waals surface area contributed by atoms with Gasteiger partial charge in [0.05, 0.1) is 0 Å². The minimum absolute atomic E-state index is 0.231. The lowest BCUT2D eigenvalue weighted by Gasteiger charge is -2.21. The summed E-state index contributed by atoms with van der Waals surface area (Å²) >= 11 is 0. The number of hydrogen-bond acceptors (Lipinski definition) is 2. The van der Waals surface area contributed by atoms with Gasteiger partial charge in [-0.2, -0.15) is 0 Å². The molecule has 0 radical (unpaired) electrons. The van der Waals surface area contributed by atoms with E-state index in [4.69, 9.17) is 0 Å². The number of unbranched alkanes of at least 4 members (excludes halogenated alkanes) is 1. The number of phenolic OH excluding ortho intramolecular Hbond substituents is 1. The first kappa shape index (κ1) is 13.5. The maximum absolute atomic E-state index is 13.5. The first-order chi connectivity index (χ1) is 8.11. The number of phenols is 1. The van der Waals surface area contributed by atoms with Gasteiger partial charge in [-0.25, -0.2) is 4.39 Å². The predicted molar refractivity (Wildman–Crippen MR) is 64.6 cm³/mol. The van der Waals surface area contributed by atoms with E-state index >= 15 is 0 Å². The fourth-order valence-corrected chi connectivity index (χ4v) is 1.63. The van der Waals surface area contributed by atoms with Crippen molar-refractivity contribution in [1.82, 2.24) is 4.90 Å². The van der Waals surface area contributed by atoms with Crippen LogP contribution in [0, 0.1) is 5.82 Å². The fourth-order valence-electron chi connectivity index (χ4n) is 1.63. The Balaban J connectivity index is 2.93. The van der Waals surface area contributed by atoms with Crippen molar-refractivity contribution in [1.29, 1.82) is 0 Å². The van der Waals surface area contributed by atoms with Crippen molar-refractivity contribution in [2.24, 2.45) is 0 Å². The minimum Gasteiger partial charge on any atom is -0.507 e. The van der Waals surface area contributed by atoms with Crippen LogP contribution in [0.25, 0.3) is 0 Å². The van der Waals surface area contributed by atoms with Gasteiger partial charge < -0.3 is 10.0 Å². The van der Waals surface area contributed by atoms with Crippen LogP contribution in [0.4, 0.5) is 4.39 Å². The third kappa shape index (κ3) is 3.19. The number of halogens is 1. The number of rotatable bonds is 5. The van der Waals surface area contributed by atoms with Crippen LogP contribution in [0.5, 0.6) is 5.75 Å². The molecule has 0 spiro atoms. The second kappa shape index (κ2) is 6.23. The Labute approximate surface area is 101 Å². The van der Waals surface area contributed by atoms with E-state index in [-0.39, 0.29) is 11.3 Å². The van der Waals surface area contributed by atoms with Crippen LogP contribution in [0.15, 0.2) is 18.2 Å². The second-order valence-electron chi connectivity index (χ2n) is 3.87. The molecule has 1 amide bonds. The highest BCUT2D eigenvalue weighted by atomic mass is 19.1. The second-order valence-corrected chi connectivity index (χ2v) is 3.87. The lowest BCUT2D eigenvalue weighted by Crippen LogP contribution is -2.32. The van der Waals surface area contributed by atoms with E-state index in [0.29, 0.717) is 13.1 Å². The summed E-state index contributed by atoms with van der Waals surface area (Å²) in [6, 6.07) is 3.88. The van der Waals surface area contributed by atoms with Crippen molar-refractivity contribution < 1.29 is 14.3 Å². The molecule has 17 heavy (non-hydrogen) atoms. The van der Waals surface area contributed by atoms with E-state index in [2.05, 4.69) is 0 Å². The normalized spacial score (nSPS) is 10.3. The molecule has 0 aliphatic rings. The highest BCUT2D eigenvalue weighted by Gasteiger charge is 2.21. The van der Waals surface area contributed by atoms with E-state index < -0.39 is 11.7 Å². The summed E-state index contributed by atoms with van der Waals surface area (Å²) in [5.41, 5.74) is -0.231. The Hall–Kier alpha value is -1.58. The monoisotopic (exact) mass is 239 g/mol. The Bertz CT molecular complexity index is 373. The average molecular weight is 239 g/mol. The molecule has 0 aliphatic heterocycles. The molecule has 0 unspecified atom stereocenters. The summed E-state index contributed by atoms with van der Waals surface area (Å²) in [7, 11) is 0. The van der Waals surface area contributed by atoms with Gasteiger partial charge in [0.2, 0.25) is 0 Å². The number of hydrogen-bond donors (Lipinski definition) is 1. The minimum atomic E-state index is -0.676. The van der Waals surface area contributed by atoms with E-state index in [1.54, 1.807) is 4.90 Å². The van der Waals surface area contributed by atoms with Crippen LogP contribution in [0.1, 0.15) is 37.0 Å². The maximum atomic E-state index is 13.5. The lowest BCUT2D eigenvalue weighted by molar-refractivity contribution is 0.0754. The maximum Gasteiger partial charge on any atom is 0.260 e. The molecule has 0 heterocycles. The van der Waals surface area contributed by atoms with Crippen molar-refractivity contribution in [3.63, 3.8) is 0 Å². The van der Waals surface area contributed by atoms with E-state index in [1.165, 1.54) is 18.2 Å². The molecule has 0 bridgehead atoms. The summed E-state index contributed by atoms with van der Waals surface area (Å²) in [4.78, 5) is 13.6. The van der Waals surface area contributed by atoms with Crippen LogP contribution < -0.4 is 0 Å². The topological polar surface area (TPSA) is 40.5 Å². The smallest absolute Gasteiger partial charge is 0.260 e. The Morgan fingerprint density at radius 2 is 2.12 bits per heavy atom. The summed E-state index contributed by atoms with van der Waals surface area (Å²) in [6.45, 7) is 4.95. The van der Waals surface area contributed by atoms with Crippen LogP contribution in [-0.2, 0) is 0 Å². The highest BCUT2D eigenvalue weighted by Crippen LogP contribution is 2.21. The van der Waals surface area contributed by atoms with Crippen molar-refractivity contribution in [3.8, 4) is 5.75 Å². The summed E-state index contributed by atoms with van der Waals surface area (Å²) < 4.78 is 13.5. The lowest BCUT2D eigenvalue weighted by atomic mass is 10.1. The van der Waals surface area contributed by atoms with Gasteiger partial charge in [-0.1, -0.05) is 19.4 Å². The van der Waals surface area contributed by atoms with E-state index in [1.807, 2.05) is 13.8 Å². The van der Waals surface area contributed by atoms with Crippen LogP contribution in [0.2, 0.25) is 0 Å². The van der Waals surface area contributed by atoms with E-state index in [9.17, 15) is 14.3 Å². The number of amides is 1. The van der Waals surface area contributed by atoms with Gasteiger partial charge in [-0.15, -0.1) is 0 Å². The molecule has 4 heteroatoms. The molecule has 1 aromatic rings. The molecular formula is C13H18FNO2. The Kier molecular flexibility index (Phi) is 4.94. The van der Waals surface area contributed by atoms with Gasteiger partial charge in [0.1, 0.15) is 17.1 Å². The van der Waals surface area contributed by atoms with Crippen molar-refractivity contribution >= 4 is 5.91 Å². The largest absolute Gasteiger partial charge is 0.507 e. The summed E-state index contributed by atoms with van der Waals surface area (Å²) in [5.74, 6) is -1.42. The standard InChI is InChI=1S/C13H18FNO2/c1-3-5-9-15(4-2)13(17)12-10(14)7-6-8-11(12)16/h6-8,16H,3-5,9H2,1-2H3. The van der Waals surface area contributed by atoms with Crippen LogP contribution in [-0.4, -0.2) is 29.0 Å². The third-order valence-corrected chi connectivity index (χ3v) is 2.66. The first-order valence-corrected chi connectivity index (χ1v) is 5.88. The van der Waals surface area contributed by atoms with E-state index in [0.717, 1.165) is 12.8 Å². The molecule has 3 nitrogen and oxygen atoms in total. The predicted octanol–water partition coefficient (Wildman–Crippen LogP) is 2.79. The van der Waals surface area contributed by atoms with Gasteiger partial charge in [0.25, 0.3) is 5.91 Å². The molecule has 0 fully saturated rings. The number of benzene rings is 1. The number of nitrogens with zero attached hydrogens (tertiary/aromatic N) is 1. The van der Waals surface area contributed by atoms with Crippen molar-refractivity contribution in [3.05, 3.63) is 29.6 Å². The van der Waals surface area contributed by atoms with Gasteiger partial charge in [0, 0.05) is 13.1 Å². The third-order valence-electron chi connectivity index (χ3n) is 2.66. The number of aromatic hydroxyl groups is 1. The van der Waals surface area contributed by atoms with Crippen LogP contribution in [0.3, 0.4) is 0 Å². The molecule has 94 valence electrons. The zero-order chi connectivity index (χ0) is 12.8. The molecule has 0 aromatic heterocycles. The van der Waals surface area contributed by atoms with Gasteiger partial charge in [0.15, 0.2) is 0 Å². The molecule has 0 atom stereocenters. The molecule has 0 saturated heterocycles. The van der Waals surface area contributed by atoms with Gasteiger partial charge >= 0.3 is 0 Å². The number of carbonyl (C=O) groups is 1. The SMILES string of the molecule is CCCCN(CC)C(=O)c1c(O)cccc1F. The molecule has 1 aromatic carbocycles. The molecule has 0 saturated carbocycles. The fraction of sp³-hybridized carbons (Fsp3) is 0.462. The van der Waals surface area contributed by atoms with Crippen molar-refractivity contribution in [2.45, 2.75) is 26.7 Å².